The van der Waals surface area contributed by atoms with E-state index in [0.29, 0.717) is 28.9 Å². The Kier molecular flexibility index (Phi) is 7.47. The number of nitrogens with one attached hydrogen (secondary N) is 1. The summed E-state index contributed by atoms with van der Waals surface area (Å²) >= 11 is 7.56. The van der Waals surface area contributed by atoms with Gasteiger partial charge < -0.3 is 10.2 Å². The van der Waals surface area contributed by atoms with Gasteiger partial charge >= 0.3 is 0 Å². The second-order valence-corrected chi connectivity index (χ2v) is 11.5. The number of hydrogen-bond donors (Lipinski definition) is 1. The van der Waals surface area contributed by atoms with Gasteiger partial charge in [0.2, 0.25) is 10.0 Å². The SMILES string of the molecule is CCN(CC)S(=O)(=O)c1ccc(N2CCCCC2)c(NC(=O)c2sc3cc(F)ccc3c2Cl)c1. The van der Waals surface area contributed by atoms with Crippen LogP contribution in [0.5, 0.6) is 0 Å². The summed E-state index contributed by atoms with van der Waals surface area (Å²) in [4.78, 5) is 15.8. The standard InChI is InChI=1S/C24H27ClFN3O3S2/c1-3-29(4-2)34(31,32)17-9-11-20(28-12-6-5-7-13-28)19(15-17)27-24(30)23-22(25)18-10-8-16(26)14-21(18)33-23/h8-11,14-15H,3-7,12-13H2,1-2H3,(H,27,30). The number of nitrogens with zero attached hydrogens (tertiary/aromatic N) is 2. The van der Waals surface area contributed by atoms with Gasteiger partial charge in [-0.05, 0) is 55.7 Å². The molecule has 1 N–H and O–H groups in total. The smallest absolute Gasteiger partial charge is 0.267 e. The molecule has 0 aliphatic carbocycles. The van der Waals surface area contributed by atoms with Gasteiger partial charge in [-0.1, -0.05) is 25.4 Å². The van der Waals surface area contributed by atoms with Crippen molar-refractivity contribution in [1.29, 1.82) is 0 Å². The number of carbonyl (C=O) groups excluding carboxylic acids is 1. The van der Waals surface area contributed by atoms with E-state index < -0.39 is 21.7 Å². The van der Waals surface area contributed by atoms with E-state index in [1.54, 1.807) is 32.0 Å². The molecule has 0 radical (unpaired) electrons. The van der Waals surface area contributed by atoms with Crippen LogP contribution in [0.25, 0.3) is 10.1 Å². The molecule has 1 aliphatic heterocycles. The fraction of sp³-hybridized carbons (Fsp3) is 0.375. The second kappa shape index (κ2) is 10.2. The van der Waals surface area contributed by atoms with Gasteiger partial charge in [0.05, 0.1) is 21.3 Å². The zero-order valence-electron chi connectivity index (χ0n) is 19.1. The maximum absolute atomic E-state index is 13.7. The van der Waals surface area contributed by atoms with Gasteiger partial charge in [-0.2, -0.15) is 4.31 Å². The van der Waals surface area contributed by atoms with Gasteiger partial charge in [-0.25, -0.2) is 12.8 Å². The summed E-state index contributed by atoms with van der Waals surface area (Å²) in [7, 11) is -3.71. The van der Waals surface area contributed by atoms with E-state index in [1.807, 2.05) is 0 Å². The van der Waals surface area contributed by atoms with Crippen LogP contribution in [0.15, 0.2) is 41.3 Å². The van der Waals surface area contributed by atoms with Crippen LogP contribution in [0, 0.1) is 5.82 Å². The molecule has 0 bridgehead atoms. The van der Waals surface area contributed by atoms with Crippen molar-refractivity contribution >= 4 is 60.3 Å². The van der Waals surface area contributed by atoms with Crippen molar-refractivity contribution in [2.24, 2.45) is 0 Å². The molecule has 182 valence electrons. The number of sulfonamides is 1. The van der Waals surface area contributed by atoms with Crippen LogP contribution in [0.2, 0.25) is 5.02 Å². The monoisotopic (exact) mass is 523 g/mol. The second-order valence-electron chi connectivity index (χ2n) is 8.16. The largest absolute Gasteiger partial charge is 0.370 e. The van der Waals surface area contributed by atoms with Crippen LogP contribution in [0.1, 0.15) is 42.8 Å². The van der Waals surface area contributed by atoms with E-state index in [-0.39, 0.29) is 14.8 Å². The number of carbonyl (C=O) groups is 1. The number of fused-ring (bicyclic) bond motifs is 1. The van der Waals surface area contributed by atoms with Crippen LogP contribution in [-0.2, 0) is 10.0 Å². The fourth-order valence-electron chi connectivity index (χ4n) is 4.26. The van der Waals surface area contributed by atoms with Crippen LogP contribution in [0.3, 0.4) is 0 Å². The van der Waals surface area contributed by atoms with Crippen LogP contribution in [-0.4, -0.2) is 44.8 Å². The molecule has 1 fully saturated rings. The summed E-state index contributed by atoms with van der Waals surface area (Å²) < 4.78 is 41.9. The predicted octanol–water partition coefficient (Wildman–Crippen LogP) is 5.97. The number of rotatable bonds is 7. The van der Waals surface area contributed by atoms with Crippen molar-refractivity contribution in [3.8, 4) is 0 Å². The molecule has 0 spiro atoms. The number of thiophene rings is 1. The lowest BCUT2D eigenvalue weighted by Gasteiger charge is -2.31. The first-order valence-corrected chi connectivity index (χ1v) is 14.0. The minimum absolute atomic E-state index is 0.122. The van der Waals surface area contributed by atoms with Gasteiger partial charge in [0.1, 0.15) is 10.7 Å². The lowest BCUT2D eigenvalue weighted by Crippen LogP contribution is -2.32. The molecule has 0 atom stereocenters. The van der Waals surface area contributed by atoms with E-state index >= 15 is 0 Å². The number of hydrogen-bond acceptors (Lipinski definition) is 5. The summed E-state index contributed by atoms with van der Waals surface area (Å²) in [5.41, 5.74) is 1.19. The normalized spacial score (nSPS) is 14.7. The lowest BCUT2D eigenvalue weighted by molar-refractivity contribution is 0.103. The molecule has 3 aromatic rings. The summed E-state index contributed by atoms with van der Waals surface area (Å²) in [6.45, 7) is 5.93. The number of piperidine rings is 1. The Morgan fingerprint density at radius 3 is 2.50 bits per heavy atom. The summed E-state index contributed by atoms with van der Waals surface area (Å²) in [6.07, 6.45) is 3.20. The maximum atomic E-state index is 13.7. The minimum atomic E-state index is -3.71. The lowest BCUT2D eigenvalue weighted by atomic mass is 10.1. The number of amides is 1. The van der Waals surface area contributed by atoms with Gasteiger partial charge in [-0.3, -0.25) is 4.79 Å². The van der Waals surface area contributed by atoms with Gasteiger partial charge in [0.15, 0.2) is 0 Å². The van der Waals surface area contributed by atoms with Crippen LogP contribution in [0.4, 0.5) is 15.8 Å². The zero-order valence-corrected chi connectivity index (χ0v) is 21.5. The van der Waals surface area contributed by atoms with Crippen molar-refractivity contribution in [1.82, 2.24) is 4.31 Å². The molecule has 10 heteroatoms. The number of halogens is 2. The molecule has 0 unspecified atom stereocenters. The molecule has 1 aromatic heterocycles. The van der Waals surface area contributed by atoms with E-state index in [0.717, 1.165) is 49.4 Å². The maximum Gasteiger partial charge on any atom is 0.267 e. The Balaban J connectivity index is 1.75. The van der Waals surface area contributed by atoms with Gasteiger partial charge in [-0.15, -0.1) is 11.3 Å². The van der Waals surface area contributed by atoms with Gasteiger partial charge in [0.25, 0.3) is 5.91 Å². The molecule has 1 saturated heterocycles. The van der Waals surface area contributed by atoms with E-state index in [9.17, 15) is 17.6 Å². The molecule has 4 rings (SSSR count). The van der Waals surface area contributed by atoms with Crippen molar-refractivity contribution in [3.05, 3.63) is 52.1 Å². The number of anilines is 2. The van der Waals surface area contributed by atoms with Gasteiger partial charge in [0, 0.05) is 36.3 Å². The molecule has 2 aromatic carbocycles. The summed E-state index contributed by atoms with van der Waals surface area (Å²) in [5.74, 6) is -0.860. The minimum Gasteiger partial charge on any atom is -0.370 e. The van der Waals surface area contributed by atoms with Crippen molar-refractivity contribution < 1.29 is 17.6 Å². The zero-order chi connectivity index (χ0) is 24.5. The Morgan fingerprint density at radius 2 is 1.82 bits per heavy atom. The Hall–Kier alpha value is -2.20. The molecule has 1 aliphatic rings. The van der Waals surface area contributed by atoms with E-state index in [4.69, 9.17) is 11.6 Å². The highest BCUT2D eigenvalue weighted by molar-refractivity contribution is 7.89. The molecular formula is C24H27ClFN3O3S2. The molecule has 0 saturated carbocycles. The first kappa shape index (κ1) is 24.9. The Labute approximate surface area is 208 Å². The van der Waals surface area contributed by atoms with Crippen LogP contribution >= 0.6 is 22.9 Å². The third-order valence-corrected chi connectivity index (χ3v) is 9.76. The summed E-state index contributed by atoms with van der Waals surface area (Å²) in [5, 5.41) is 3.75. The third-order valence-electron chi connectivity index (χ3n) is 6.05. The number of benzene rings is 2. The van der Waals surface area contributed by atoms with Crippen molar-refractivity contribution in [2.75, 3.05) is 36.4 Å². The van der Waals surface area contributed by atoms with Crippen molar-refractivity contribution in [3.63, 3.8) is 0 Å². The topological polar surface area (TPSA) is 69.7 Å². The average molecular weight is 524 g/mol. The highest BCUT2D eigenvalue weighted by Crippen LogP contribution is 2.38. The quantitative estimate of drug-likeness (QED) is 0.414. The molecule has 34 heavy (non-hydrogen) atoms. The molecule has 6 nitrogen and oxygen atoms in total. The van der Waals surface area contributed by atoms with E-state index in [1.165, 1.54) is 22.5 Å². The third kappa shape index (κ3) is 4.79. The molecule has 2 heterocycles. The summed E-state index contributed by atoms with van der Waals surface area (Å²) in [6, 6.07) is 9.09. The molecule has 1 amide bonds. The first-order chi connectivity index (χ1) is 16.3. The van der Waals surface area contributed by atoms with Crippen LogP contribution < -0.4 is 10.2 Å². The first-order valence-electron chi connectivity index (χ1n) is 11.3. The highest BCUT2D eigenvalue weighted by Gasteiger charge is 2.26. The Bertz CT molecular complexity index is 1320. The van der Waals surface area contributed by atoms with Crippen molar-refractivity contribution in [2.45, 2.75) is 38.0 Å². The highest BCUT2D eigenvalue weighted by atomic mass is 35.5. The van der Waals surface area contributed by atoms with E-state index in [2.05, 4.69) is 10.2 Å². The molecular weight excluding hydrogens is 497 g/mol. The predicted molar refractivity (Wildman–Crippen MR) is 137 cm³/mol. The fourth-order valence-corrected chi connectivity index (χ4v) is 7.18. The Morgan fingerprint density at radius 1 is 1.12 bits per heavy atom. The average Bonchev–Trinajstić information content (AvgIpc) is 3.15.